The SMILES string of the molecule is Cc1cc(Cl)ccc1OCc1ccc(C(=O)NCC2CCCO2)o1. The average Bonchev–Trinajstić information content (AvgIpc) is 3.23. The fourth-order valence-electron chi connectivity index (χ4n) is 2.60. The second-order valence-electron chi connectivity index (χ2n) is 5.81. The molecule has 1 N–H and O–H groups in total. The molecule has 1 saturated heterocycles. The second-order valence-corrected chi connectivity index (χ2v) is 6.25. The fourth-order valence-corrected chi connectivity index (χ4v) is 2.83. The largest absolute Gasteiger partial charge is 0.485 e. The van der Waals surface area contributed by atoms with Crippen molar-refractivity contribution in [3.05, 3.63) is 52.4 Å². The fraction of sp³-hybridized carbons (Fsp3) is 0.389. The van der Waals surface area contributed by atoms with E-state index in [1.807, 2.05) is 19.1 Å². The summed E-state index contributed by atoms with van der Waals surface area (Å²) in [7, 11) is 0. The van der Waals surface area contributed by atoms with Crippen molar-refractivity contribution in [1.82, 2.24) is 5.32 Å². The summed E-state index contributed by atoms with van der Waals surface area (Å²) in [6.45, 7) is 3.46. The lowest BCUT2D eigenvalue weighted by Gasteiger charge is -2.09. The number of halogens is 1. The van der Waals surface area contributed by atoms with Crippen LogP contribution in [0.15, 0.2) is 34.7 Å². The highest BCUT2D eigenvalue weighted by Gasteiger charge is 2.18. The van der Waals surface area contributed by atoms with Gasteiger partial charge >= 0.3 is 0 Å². The van der Waals surface area contributed by atoms with Crippen molar-refractivity contribution in [2.24, 2.45) is 0 Å². The zero-order valence-electron chi connectivity index (χ0n) is 13.5. The van der Waals surface area contributed by atoms with Crippen molar-refractivity contribution >= 4 is 17.5 Å². The molecule has 128 valence electrons. The Morgan fingerprint density at radius 1 is 1.38 bits per heavy atom. The number of furan rings is 1. The molecule has 1 aromatic carbocycles. The molecule has 24 heavy (non-hydrogen) atoms. The summed E-state index contributed by atoms with van der Waals surface area (Å²) < 4.78 is 16.7. The molecule has 0 spiro atoms. The van der Waals surface area contributed by atoms with E-state index in [1.54, 1.807) is 18.2 Å². The first-order valence-electron chi connectivity index (χ1n) is 7.99. The van der Waals surface area contributed by atoms with Gasteiger partial charge in [-0.2, -0.15) is 0 Å². The van der Waals surface area contributed by atoms with Gasteiger partial charge in [-0.25, -0.2) is 0 Å². The van der Waals surface area contributed by atoms with Gasteiger partial charge in [0.15, 0.2) is 5.76 Å². The molecule has 1 unspecified atom stereocenters. The molecule has 5 nitrogen and oxygen atoms in total. The molecular weight excluding hydrogens is 330 g/mol. The number of nitrogens with one attached hydrogen (secondary N) is 1. The summed E-state index contributed by atoms with van der Waals surface area (Å²) >= 11 is 5.92. The molecule has 1 aromatic heterocycles. The second kappa shape index (κ2) is 7.73. The van der Waals surface area contributed by atoms with E-state index in [9.17, 15) is 4.79 Å². The predicted octanol–water partition coefficient (Wildman–Crippen LogP) is 3.73. The maximum atomic E-state index is 12.1. The third-order valence-corrected chi connectivity index (χ3v) is 4.14. The molecular formula is C18H20ClNO4. The van der Waals surface area contributed by atoms with Crippen LogP contribution in [0.5, 0.6) is 5.75 Å². The Bertz CT molecular complexity index is 707. The number of benzene rings is 1. The van der Waals surface area contributed by atoms with Crippen molar-refractivity contribution in [3.63, 3.8) is 0 Å². The number of carbonyl (C=O) groups excluding carboxylic acids is 1. The highest BCUT2D eigenvalue weighted by Crippen LogP contribution is 2.23. The molecule has 0 radical (unpaired) electrons. The Kier molecular flexibility index (Phi) is 5.43. The minimum atomic E-state index is -0.237. The van der Waals surface area contributed by atoms with E-state index in [0.717, 1.165) is 30.8 Å². The summed E-state index contributed by atoms with van der Waals surface area (Å²) in [6, 6.07) is 8.82. The monoisotopic (exact) mass is 349 g/mol. The highest BCUT2D eigenvalue weighted by molar-refractivity contribution is 6.30. The van der Waals surface area contributed by atoms with E-state index in [-0.39, 0.29) is 24.4 Å². The van der Waals surface area contributed by atoms with Crippen molar-refractivity contribution in [2.45, 2.75) is 32.5 Å². The topological polar surface area (TPSA) is 60.7 Å². The zero-order valence-corrected chi connectivity index (χ0v) is 14.3. The van der Waals surface area contributed by atoms with Crippen molar-refractivity contribution in [2.75, 3.05) is 13.2 Å². The highest BCUT2D eigenvalue weighted by atomic mass is 35.5. The van der Waals surface area contributed by atoms with Gasteiger partial charge < -0.3 is 19.2 Å². The van der Waals surface area contributed by atoms with Gasteiger partial charge in [0, 0.05) is 18.2 Å². The molecule has 1 fully saturated rings. The van der Waals surface area contributed by atoms with E-state index in [4.69, 9.17) is 25.5 Å². The molecule has 0 saturated carbocycles. The first-order valence-corrected chi connectivity index (χ1v) is 8.37. The molecule has 1 atom stereocenters. The number of rotatable bonds is 6. The summed E-state index contributed by atoms with van der Waals surface area (Å²) in [5, 5.41) is 3.50. The van der Waals surface area contributed by atoms with Gasteiger partial charge in [0.2, 0.25) is 0 Å². The van der Waals surface area contributed by atoms with Crippen molar-refractivity contribution in [3.8, 4) is 5.75 Å². The summed E-state index contributed by atoms with van der Waals surface area (Å²) in [6.07, 6.45) is 2.14. The van der Waals surface area contributed by atoms with Crippen LogP contribution in [-0.2, 0) is 11.3 Å². The standard InChI is InChI=1S/C18H20ClNO4/c1-12-9-13(19)4-6-16(12)23-11-15-5-7-17(24-15)18(21)20-10-14-3-2-8-22-14/h4-7,9,14H,2-3,8,10-11H2,1H3,(H,20,21). The first kappa shape index (κ1) is 16.9. The van der Waals surface area contributed by atoms with Gasteiger partial charge in [-0.15, -0.1) is 0 Å². The molecule has 2 aromatic rings. The number of hydrogen-bond acceptors (Lipinski definition) is 4. The molecule has 0 aliphatic carbocycles. The minimum Gasteiger partial charge on any atom is -0.485 e. The third-order valence-electron chi connectivity index (χ3n) is 3.91. The van der Waals surface area contributed by atoms with Gasteiger partial charge in [0.25, 0.3) is 5.91 Å². The van der Waals surface area contributed by atoms with Crippen LogP contribution >= 0.6 is 11.6 Å². The van der Waals surface area contributed by atoms with E-state index in [2.05, 4.69) is 5.32 Å². The maximum absolute atomic E-state index is 12.1. The third kappa shape index (κ3) is 4.30. The Balaban J connectivity index is 1.51. The van der Waals surface area contributed by atoms with Crippen LogP contribution in [0.1, 0.15) is 34.7 Å². The Hall–Kier alpha value is -1.98. The first-order chi connectivity index (χ1) is 11.6. The Morgan fingerprint density at radius 3 is 3.00 bits per heavy atom. The molecule has 1 amide bonds. The Labute approximate surface area is 145 Å². The van der Waals surface area contributed by atoms with Crippen LogP contribution in [0.2, 0.25) is 5.02 Å². The summed E-state index contributed by atoms with van der Waals surface area (Å²) in [5.74, 6) is 1.37. The minimum absolute atomic E-state index is 0.111. The lowest BCUT2D eigenvalue weighted by molar-refractivity contribution is 0.0832. The predicted molar refractivity (Wildman–Crippen MR) is 90.5 cm³/mol. The number of hydrogen-bond donors (Lipinski definition) is 1. The quantitative estimate of drug-likeness (QED) is 0.863. The van der Waals surface area contributed by atoms with Crippen LogP contribution in [-0.4, -0.2) is 25.2 Å². The average molecular weight is 350 g/mol. The zero-order chi connectivity index (χ0) is 16.9. The number of aryl methyl sites for hydroxylation is 1. The normalized spacial score (nSPS) is 17.0. The van der Waals surface area contributed by atoms with Crippen molar-refractivity contribution in [1.29, 1.82) is 0 Å². The van der Waals surface area contributed by atoms with Crippen LogP contribution in [0.3, 0.4) is 0 Å². The van der Waals surface area contributed by atoms with Gasteiger partial charge in [0.1, 0.15) is 18.1 Å². The van der Waals surface area contributed by atoms with E-state index >= 15 is 0 Å². The van der Waals surface area contributed by atoms with Crippen LogP contribution in [0, 0.1) is 6.92 Å². The van der Waals surface area contributed by atoms with Gasteiger partial charge in [-0.1, -0.05) is 11.6 Å². The molecule has 0 bridgehead atoms. The molecule has 2 heterocycles. The smallest absolute Gasteiger partial charge is 0.287 e. The van der Waals surface area contributed by atoms with Crippen LogP contribution < -0.4 is 10.1 Å². The molecule has 1 aliphatic rings. The molecule has 3 rings (SSSR count). The summed E-state index contributed by atoms with van der Waals surface area (Å²) in [5.41, 5.74) is 0.948. The lowest BCUT2D eigenvalue weighted by Crippen LogP contribution is -2.31. The van der Waals surface area contributed by atoms with Crippen molar-refractivity contribution < 1.29 is 18.7 Å². The lowest BCUT2D eigenvalue weighted by atomic mass is 10.2. The van der Waals surface area contributed by atoms with Crippen LogP contribution in [0.4, 0.5) is 0 Å². The van der Waals surface area contributed by atoms with Crippen LogP contribution in [0.25, 0.3) is 0 Å². The van der Waals surface area contributed by atoms with E-state index in [1.165, 1.54) is 0 Å². The number of ether oxygens (including phenoxy) is 2. The Morgan fingerprint density at radius 2 is 2.25 bits per heavy atom. The van der Waals surface area contributed by atoms with E-state index < -0.39 is 0 Å². The molecule has 6 heteroatoms. The summed E-state index contributed by atoms with van der Waals surface area (Å²) in [4.78, 5) is 12.1. The number of amides is 1. The van der Waals surface area contributed by atoms with E-state index in [0.29, 0.717) is 17.3 Å². The maximum Gasteiger partial charge on any atom is 0.287 e. The molecule has 1 aliphatic heterocycles. The van der Waals surface area contributed by atoms with Gasteiger partial charge in [-0.05, 0) is 55.7 Å². The van der Waals surface area contributed by atoms with Gasteiger partial charge in [0.05, 0.1) is 6.10 Å². The van der Waals surface area contributed by atoms with Gasteiger partial charge in [-0.3, -0.25) is 4.79 Å². The number of carbonyl (C=O) groups is 1.